The Labute approximate surface area is 212 Å². The number of hydrogen-bond donors (Lipinski definition) is 2. The van der Waals surface area contributed by atoms with Crippen LogP contribution >= 0.6 is 15.9 Å². The third-order valence-corrected chi connectivity index (χ3v) is 6.13. The fourth-order valence-electron chi connectivity index (χ4n) is 2.89. The highest BCUT2D eigenvalue weighted by molar-refractivity contribution is 9.10. The summed E-state index contributed by atoms with van der Waals surface area (Å²) in [6.07, 6.45) is 2.44. The Hall–Kier alpha value is -3.70. The van der Waals surface area contributed by atoms with Gasteiger partial charge in [0, 0.05) is 10.2 Å². The van der Waals surface area contributed by atoms with Crippen LogP contribution in [-0.4, -0.2) is 45.9 Å². The highest BCUT2D eigenvalue weighted by Crippen LogP contribution is 2.21. The van der Waals surface area contributed by atoms with Gasteiger partial charge in [-0.3, -0.25) is 13.9 Å². The van der Waals surface area contributed by atoms with Gasteiger partial charge in [-0.15, -0.1) is 0 Å². The van der Waals surface area contributed by atoms with Gasteiger partial charge in [-0.1, -0.05) is 40.2 Å². The number of carbonyl (C=O) groups excluding carboxylic acids is 2. The number of hydrazone groups is 1. The molecule has 182 valence electrons. The molecule has 0 aliphatic carbocycles. The van der Waals surface area contributed by atoms with Crippen molar-refractivity contribution in [2.75, 3.05) is 29.0 Å². The van der Waals surface area contributed by atoms with E-state index < -0.39 is 22.5 Å². The first-order chi connectivity index (χ1) is 16.7. The molecule has 0 unspecified atom stereocenters. The average Bonchev–Trinajstić information content (AvgIpc) is 2.82. The zero-order valence-corrected chi connectivity index (χ0v) is 21.1. The van der Waals surface area contributed by atoms with E-state index in [-0.39, 0.29) is 12.5 Å². The zero-order chi connectivity index (χ0) is 25.3. The molecule has 0 bridgehead atoms. The summed E-state index contributed by atoms with van der Waals surface area (Å²) in [5, 5.41) is 6.61. The number of sulfonamides is 1. The second kappa shape index (κ2) is 12.1. The van der Waals surface area contributed by atoms with Crippen LogP contribution in [0.5, 0.6) is 5.75 Å². The zero-order valence-electron chi connectivity index (χ0n) is 18.7. The van der Waals surface area contributed by atoms with Gasteiger partial charge >= 0.3 is 0 Å². The van der Waals surface area contributed by atoms with Crippen LogP contribution in [0, 0.1) is 0 Å². The van der Waals surface area contributed by atoms with E-state index in [9.17, 15) is 18.0 Å². The predicted molar refractivity (Wildman–Crippen MR) is 139 cm³/mol. The van der Waals surface area contributed by atoms with Gasteiger partial charge in [0.05, 0.1) is 18.2 Å². The fourth-order valence-corrected chi connectivity index (χ4v) is 4.13. The summed E-state index contributed by atoms with van der Waals surface area (Å²) in [5.74, 6) is -0.390. The monoisotopic (exact) mass is 558 g/mol. The van der Waals surface area contributed by atoms with Gasteiger partial charge in [0.1, 0.15) is 12.3 Å². The van der Waals surface area contributed by atoms with Crippen LogP contribution in [0.4, 0.5) is 11.4 Å². The minimum Gasteiger partial charge on any atom is -0.484 e. The molecular weight excluding hydrogens is 536 g/mol. The highest BCUT2D eigenvalue weighted by atomic mass is 79.9. The normalized spacial score (nSPS) is 11.1. The second-order valence-electron chi connectivity index (χ2n) is 7.31. The van der Waals surface area contributed by atoms with Crippen LogP contribution in [0.25, 0.3) is 0 Å². The molecule has 3 rings (SSSR count). The van der Waals surface area contributed by atoms with Gasteiger partial charge in [0.2, 0.25) is 10.0 Å². The van der Waals surface area contributed by atoms with Crippen molar-refractivity contribution in [3.63, 3.8) is 0 Å². The molecule has 0 aliphatic heterocycles. The van der Waals surface area contributed by atoms with Crippen molar-refractivity contribution in [3.05, 3.63) is 88.9 Å². The van der Waals surface area contributed by atoms with Crippen molar-refractivity contribution in [3.8, 4) is 5.75 Å². The standard InChI is InChI=1S/C24H23BrN4O5S/c1-35(32,33)29(21-9-5-6-19(25)14-21)16-23(30)28-26-15-18-10-12-22(13-11-18)34-17-24(31)27-20-7-3-2-4-8-20/h2-15H,16-17H2,1H3,(H,27,31)(H,28,30)/b26-15-. The van der Waals surface area contributed by atoms with Crippen molar-refractivity contribution in [2.45, 2.75) is 0 Å². The molecule has 0 spiro atoms. The summed E-state index contributed by atoms with van der Waals surface area (Å²) >= 11 is 3.29. The Bertz CT molecular complexity index is 1300. The van der Waals surface area contributed by atoms with Gasteiger partial charge in [-0.05, 0) is 60.2 Å². The minimum atomic E-state index is -3.68. The predicted octanol–water partition coefficient (Wildman–Crippen LogP) is 3.38. The lowest BCUT2D eigenvalue weighted by Crippen LogP contribution is -2.39. The van der Waals surface area contributed by atoms with Crippen LogP contribution in [0.3, 0.4) is 0 Å². The van der Waals surface area contributed by atoms with Crippen LogP contribution in [0.15, 0.2) is 88.4 Å². The number of anilines is 2. The molecule has 0 aliphatic rings. The molecular formula is C24H23BrN4O5S. The maximum atomic E-state index is 12.3. The Morgan fingerprint density at radius 2 is 1.71 bits per heavy atom. The van der Waals surface area contributed by atoms with Crippen molar-refractivity contribution < 1.29 is 22.7 Å². The molecule has 0 fully saturated rings. The maximum Gasteiger partial charge on any atom is 0.262 e. The lowest BCUT2D eigenvalue weighted by molar-refractivity contribution is -0.119. The molecule has 3 aromatic carbocycles. The molecule has 3 aromatic rings. The number of amides is 2. The Morgan fingerprint density at radius 3 is 2.37 bits per heavy atom. The number of rotatable bonds is 10. The van der Waals surface area contributed by atoms with Crippen LogP contribution in [-0.2, 0) is 19.6 Å². The lowest BCUT2D eigenvalue weighted by atomic mass is 10.2. The Kier molecular flexibility index (Phi) is 8.98. The largest absolute Gasteiger partial charge is 0.484 e. The van der Waals surface area contributed by atoms with Crippen molar-refractivity contribution in [1.29, 1.82) is 0 Å². The maximum absolute atomic E-state index is 12.3. The number of nitrogens with one attached hydrogen (secondary N) is 2. The molecule has 0 saturated carbocycles. The molecule has 0 saturated heterocycles. The van der Waals surface area contributed by atoms with Gasteiger partial charge in [0.25, 0.3) is 11.8 Å². The van der Waals surface area contributed by atoms with Gasteiger partial charge in [0.15, 0.2) is 6.61 Å². The molecule has 0 aromatic heterocycles. The summed E-state index contributed by atoms with van der Waals surface area (Å²) in [6.45, 7) is -0.572. The van der Waals surface area contributed by atoms with E-state index in [0.717, 1.165) is 10.6 Å². The minimum absolute atomic E-state index is 0.146. The van der Waals surface area contributed by atoms with Crippen molar-refractivity contribution in [1.82, 2.24) is 5.43 Å². The summed E-state index contributed by atoms with van der Waals surface area (Å²) in [7, 11) is -3.68. The highest BCUT2D eigenvalue weighted by Gasteiger charge is 2.20. The first-order valence-corrected chi connectivity index (χ1v) is 13.0. The summed E-state index contributed by atoms with van der Waals surface area (Å²) in [5.41, 5.74) is 4.03. The quantitative estimate of drug-likeness (QED) is 0.292. The van der Waals surface area contributed by atoms with E-state index in [4.69, 9.17) is 4.74 Å². The first-order valence-electron chi connectivity index (χ1n) is 10.3. The van der Waals surface area contributed by atoms with Crippen LogP contribution in [0.2, 0.25) is 0 Å². The van der Waals surface area contributed by atoms with Gasteiger partial charge < -0.3 is 10.1 Å². The Morgan fingerprint density at radius 1 is 1.00 bits per heavy atom. The number of nitrogens with zero attached hydrogens (tertiary/aromatic N) is 2. The number of carbonyl (C=O) groups is 2. The topological polar surface area (TPSA) is 117 Å². The molecule has 2 N–H and O–H groups in total. The van der Waals surface area contributed by atoms with Crippen LogP contribution < -0.4 is 19.8 Å². The number of ether oxygens (including phenoxy) is 1. The molecule has 35 heavy (non-hydrogen) atoms. The van der Waals surface area contributed by atoms with E-state index in [2.05, 4.69) is 31.8 Å². The van der Waals surface area contributed by atoms with Crippen molar-refractivity contribution >= 4 is 55.4 Å². The van der Waals surface area contributed by atoms with E-state index in [1.165, 1.54) is 6.21 Å². The third kappa shape index (κ3) is 8.54. The average molecular weight is 559 g/mol. The van der Waals surface area contributed by atoms with E-state index in [1.54, 1.807) is 60.7 Å². The SMILES string of the molecule is CS(=O)(=O)N(CC(=O)N/N=C\c1ccc(OCC(=O)Nc2ccccc2)cc1)c1cccc(Br)c1. The smallest absolute Gasteiger partial charge is 0.262 e. The summed E-state index contributed by atoms with van der Waals surface area (Å²) in [4.78, 5) is 24.2. The first kappa shape index (κ1) is 25.9. The third-order valence-electron chi connectivity index (χ3n) is 4.49. The molecule has 0 radical (unpaired) electrons. The number of halogens is 1. The molecule has 0 heterocycles. The van der Waals surface area contributed by atoms with E-state index >= 15 is 0 Å². The van der Waals surface area contributed by atoms with E-state index in [0.29, 0.717) is 27.2 Å². The van der Waals surface area contributed by atoms with Gasteiger partial charge in [-0.25, -0.2) is 13.8 Å². The summed E-state index contributed by atoms with van der Waals surface area (Å²) in [6, 6.07) is 22.4. The summed E-state index contributed by atoms with van der Waals surface area (Å²) < 4.78 is 31.4. The number of hydrogen-bond acceptors (Lipinski definition) is 6. The molecule has 9 nitrogen and oxygen atoms in total. The second-order valence-corrected chi connectivity index (χ2v) is 10.1. The number of benzene rings is 3. The lowest BCUT2D eigenvalue weighted by Gasteiger charge is -2.21. The van der Waals surface area contributed by atoms with Crippen molar-refractivity contribution in [2.24, 2.45) is 5.10 Å². The van der Waals surface area contributed by atoms with Crippen LogP contribution in [0.1, 0.15) is 5.56 Å². The van der Waals surface area contributed by atoms with Gasteiger partial charge in [-0.2, -0.15) is 5.10 Å². The Balaban J connectivity index is 1.49. The molecule has 11 heteroatoms. The van der Waals surface area contributed by atoms with E-state index in [1.807, 2.05) is 18.2 Å². The molecule has 2 amide bonds. The fraction of sp³-hybridized carbons (Fsp3) is 0.125. The number of para-hydroxylation sites is 1. The molecule has 0 atom stereocenters.